The molecule has 1 N–H and O–H groups in total. The first-order chi connectivity index (χ1) is 9.08. The molecule has 3 rings (SSSR count). The highest BCUT2D eigenvalue weighted by Gasteiger charge is 2.42. The van der Waals surface area contributed by atoms with E-state index in [9.17, 15) is 13.6 Å². The number of hydrogen-bond acceptors (Lipinski definition) is 2. The Morgan fingerprint density at radius 2 is 1.95 bits per heavy atom. The van der Waals surface area contributed by atoms with Crippen LogP contribution in [0.15, 0.2) is 18.2 Å². The Morgan fingerprint density at radius 1 is 1.21 bits per heavy atom. The van der Waals surface area contributed by atoms with E-state index >= 15 is 0 Å². The summed E-state index contributed by atoms with van der Waals surface area (Å²) in [6.45, 7) is 3.25. The van der Waals surface area contributed by atoms with E-state index in [1.807, 2.05) is 0 Å². The summed E-state index contributed by atoms with van der Waals surface area (Å²) in [6.07, 6.45) is 2.03. The summed E-state index contributed by atoms with van der Waals surface area (Å²) >= 11 is 0. The van der Waals surface area contributed by atoms with Gasteiger partial charge in [0, 0.05) is 36.7 Å². The van der Waals surface area contributed by atoms with Gasteiger partial charge in [-0.15, -0.1) is 0 Å². The second kappa shape index (κ2) is 4.56. The molecule has 2 aliphatic rings. The van der Waals surface area contributed by atoms with Crippen molar-refractivity contribution in [2.75, 3.05) is 26.2 Å². The maximum atomic E-state index is 13.1. The predicted octanol–water partition coefficient (Wildman–Crippen LogP) is 1.79. The Labute approximate surface area is 110 Å². The lowest BCUT2D eigenvalue weighted by molar-refractivity contribution is 0.0774. The molecule has 5 heteroatoms. The first-order valence-corrected chi connectivity index (χ1v) is 6.54. The quantitative estimate of drug-likeness (QED) is 0.840. The van der Waals surface area contributed by atoms with E-state index in [4.69, 9.17) is 0 Å². The topological polar surface area (TPSA) is 32.3 Å². The molecule has 2 heterocycles. The van der Waals surface area contributed by atoms with Crippen LogP contribution in [0, 0.1) is 17.0 Å². The van der Waals surface area contributed by atoms with Crippen molar-refractivity contribution in [3.63, 3.8) is 0 Å². The standard InChI is InChI=1S/C14H16F2N2O/c15-11-5-10(6-12(16)7-11)13(19)18-4-2-14(9-18)1-3-17-8-14/h5-7,17H,1-4,8-9H2. The molecule has 0 radical (unpaired) electrons. The van der Waals surface area contributed by atoms with Crippen molar-refractivity contribution in [2.24, 2.45) is 5.41 Å². The van der Waals surface area contributed by atoms with Gasteiger partial charge in [0.05, 0.1) is 0 Å². The molecule has 0 bridgehead atoms. The molecule has 1 unspecified atom stereocenters. The van der Waals surface area contributed by atoms with Gasteiger partial charge in [-0.2, -0.15) is 0 Å². The minimum Gasteiger partial charge on any atom is -0.338 e. The van der Waals surface area contributed by atoms with Crippen LogP contribution in [0.2, 0.25) is 0 Å². The SMILES string of the molecule is O=C(c1cc(F)cc(F)c1)N1CCC2(CCNC2)C1. The Balaban J connectivity index is 1.77. The minimum absolute atomic E-state index is 0.0977. The van der Waals surface area contributed by atoms with Gasteiger partial charge in [0.1, 0.15) is 11.6 Å². The fraction of sp³-hybridized carbons (Fsp3) is 0.500. The van der Waals surface area contributed by atoms with Crippen LogP contribution in [0.4, 0.5) is 8.78 Å². The normalized spacial score (nSPS) is 26.3. The molecule has 1 aromatic rings. The zero-order chi connectivity index (χ0) is 13.5. The molecule has 0 saturated carbocycles. The second-order valence-corrected chi connectivity index (χ2v) is 5.56. The summed E-state index contributed by atoms with van der Waals surface area (Å²) in [7, 11) is 0. The molecular formula is C14H16F2N2O. The van der Waals surface area contributed by atoms with Gasteiger partial charge in [0.25, 0.3) is 5.91 Å². The fourth-order valence-electron chi connectivity index (χ4n) is 3.11. The Hall–Kier alpha value is -1.49. The molecule has 19 heavy (non-hydrogen) atoms. The fourth-order valence-corrected chi connectivity index (χ4v) is 3.11. The smallest absolute Gasteiger partial charge is 0.254 e. The molecule has 1 amide bonds. The van der Waals surface area contributed by atoms with Crippen molar-refractivity contribution in [1.82, 2.24) is 10.2 Å². The van der Waals surface area contributed by atoms with Gasteiger partial charge in [-0.05, 0) is 31.5 Å². The number of amides is 1. The van der Waals surface area contributed by atoms with Crippen LogP contribution < -0.4 is 5.32 Å². The number of nitrogens with one attached hydrogen (secondary N) is 1. The molecule has 3 nitrogen and oxygen atoms in total. The van der Waals surface area contributed by atoms with Gasteiger partial charge in [0.15, 0.2) is 0 Å². The molecular weight excluding hydrogens is 250 g/mol. The number of hydrogen-bond donors (Lipinski definition) is 1. The van der Waals surface area contributed by atoms with Crippen LogP contribution in [0.3, 0.4) is 0 Å². The highest BCUT2D eigenvalue weighted by atomic mass is 19.1. The number of carbonyl (C=O) groups is 1. The van der Waals surface area contributed by atoms with Crippen LogP contribution in [-0.2, 0) is 0 Å². The zero-order valence-electron chi connectivity index (χ0n) is 10.6. The lowest BCUT2D eigenvalue weighted by Crippen LogP contribution is -2.33. The van der Waals surface area contributed by atoms with Crippen LogP contribution in [-0.4, -0.2) is 37.0 Å². The summed E-state index contributed by atoms with van der Waals surface area (Å²) in [5.74, 6) is -1.69. The average molecular weight is 266 g/mol. The molecule has 1 aromatic carbocycles. The molecule has 2 fully saturated rings. The van der Waals surface area contributed by atoms with Gasteiger partial charge in [-0.25, -0.2) is 8.78 Å². The molecule has 0 aromatic heterocycles. The van der Waals surface area contributed by atoms with Crippen molar-refractivity contribution < 1.29 is 13.6 Å². The van der Waals surface area contributed by atoms with Gasteiger partial charge < -0.3 is 10.2 Å². The van der Waals surface area contributed by atoms with Gasteiger partial charge >= 0.3 is 0 Å². The number of benzene rings is 1. The maximum Gasteiger partial charge on any atom is 0.254 e. The predicted molar refractivity (Wildman–Crippen MR) is 66.8 cm³/mol. The van der Waals surface area contributed by atoms with Gasteiger partial charge in [0.2, 0.25) is 0 Å². The molecule has 102 valence electrons. The van der Waals surface area contributed by atoms with E-state index in [-0.39, 0.29) is 16.9 Å². The van der Waals surface area contributed by atoms with E-state index in [0.717, 1.165) is 44.1 Å². The third-order valence-corrected chi connectivity index (χ3v) is 4.17. The van der Waals surface area contributed by atoms with Crippen molar-refractivity contribution in [2.45, 2.75) is 12.8 Å². The molecule has 2 saturated heterocycles. The highest BCUT2D eigenvalue weighted by molar-refractivity contribution is 5.94. The molecule has 2 aliphatic heterocycles. The second-order valence-electron chi connectivity index (χ2n) is 5.56. The maximum absolute atomic E-state index is 13.1. The number of nitrogens with zero attached hydrogens (tertiary/aromatic N) is 1. The van der Waals surface area contributed by atoms with Crippen LogP contribution >= 0.6 is 0 Å². The van der Waals surface area contributed by atoms with E-state index in [2.05, 4.69) is 5.32 Å². The van der Waals surface area contributed by atoms with Crippen molar-refractivity contribution >= 4 is 5.91 Å². The third-order valence-electron chi connectivity index (χ3n) is 4.17. The lowest BCUT2D eigenvalue weighted by Gasteiger charge is -2.22. The number of rotatable bonds is 1. The van der Waals surface area contributed by atoms with Crippen molar-refractivity contribution in [1.29, 1.82) is 0 Å². The summed E-state index contributed by atoms with van der Waals surface area (Å²) in [6, 6.07) is 2.98. The number of halogens is 2. The lowest BCUT2D eigenvalue weighted by atomic mass is 9.86. The van der Waals surface area contributed by atoms with Crippen molar-refractivity contribution in [3.05, 3.63) is 35.4 Å². The first-order valence-electron chi connectivity index (χ1n) is 6.54. The molecule has 1 spiro atoms. The summed E-state index contributed by atoms with van der Waals surface area (Å²) in [5.41, 5.74) is 0.266. The Bertz CT molecular complexity index is 492. The summed E-state index contributed by atoms with van der Waals surface area (Å²) in [5, 5.41) is 3.31. The number of likely N-dealkylation sites (tertiary alicyclic amines) is 1. The summed E-state index contributed by atoms with van der Waals surface area (Å²) in [4.78, 5) is 14.0. The highest BCUT2D eigenvalue weighted by Crippen LogP contribution is 2.36. The third kappa shape index (κ3) is 2.34. The van der Waals surface area contributed by atoms with E-state index in [0.29, 0.717) is 13.1 Å². The van der Waals surface area contributed by atoms with E-state index in [1.165, 1.54) is 0 Å². The Kier molecular flexibility index (Phi) is 3.01. The average Bonchev–Trinajstić information content (AvgIpc) is 2.98. The van der Waals surface area contributed by atoms with Gasteiger partial charge in [-0.1, -0.05) is 0 Å². The van der Waals surface area contributed by atoms with E-state index < -0.39 is 11.6 Å². The monoisotopic (exact) mass is 266 g/mol. The van der Waals surface area contributed by atoms with E-state index in [1.54, 1.807) is 4.90 Å². The minimum atomic E-state index is -0.709. The Morgan fingerprint density at radius 3 is 2.58 bits per heavy atom. The molecule has 1 atom stereocenters. The van der Waals surface area contributed by atoms with Crippen LogP contribution in [0.1, 0.15) is 23.2 Å². The van der Waals surface area contributed by atoms with Crippen LogP contribution in [0.25, 0.3) is 0 Å². The zero-order valence-corrected chi connectivity index (χ0v) is 10.6. The molecule has 0 aliphatic carbocycles. The van der Waals surface area contributed by atoms with Crippen molar-refractivity contribution in [3.8, 4) is 0 Å². The largest absolute Gasteiger partial charge is 0.338 e. The first kappa shape index (κ1) is 12.5. The van der Waals surface area contributed by atoms with Gasteiger partial charge in [-0.3, -0.25) is 4.79 Å². The summed E-state index contributed by atoms with van der Waals surface area (Å²) < 4.78 is 26.3. The number of carbonyl (C=O) groups excluding carboxylic acids is 1. The van der Waals surface area contributed by atoms with Crippen LogP contribution in [0.5, 0.6) is 0 Å².